The molecule has 1 aromatic rings. The maximum Gasteiger partial charge on any atom is 0.0575 e. The highest BCUT2D eigenvalue weighted by Crippen LogP contribution is 2.21. The first kappa shape index (κ1) is 33.8. The Morgan fingerprint density at radius 3 is 1.83 bits per heavy atom. The van der Waals surface area contributed by atoms with Crippen LogP contribution in [0.2, 0.25) is 0 Å². The lowest BCUT2D eigenvalue weighted by molar-refractivity contribution is 0.00918. The van der Waals surface area contributed by atoms with E-state index in [1.54, 1.807) is 0 Å². The summed E-state index contributed by atoms with van der Waals surface area (Å²) in [6.07, 6.45) is 15.1. The first-order valence-electron chi connectivity index (χ1n) is 13.3. The van der Waals surface area contributed by atoms with E-state index in [1.165, 1.54) is 76.2 Å². The van der Waals surface area contributed by atoms with E-state index in [2.05, 4.69) is 65.0 Å². The van der Waals surface area contributed by atoms with E-state index in [9.17, 15) is 0 Å². The topological polar surface area (TPSA) is 9.23 Å². The minimum absolute atomic E-state index is 0.591. The van der Waals surface area contributed by atoms with Crippen molar-refractivity contribution in [2.75, 3.05) is 6.61 Å². The molecule has 0 bridgehead atoms. The molecule has 0 aromatic heterocycles. The van der Waals surface area contributed by atoms with E-state index < -0.39 is 0 Å². The van der Waals surface area contributed by atoms with Gasteiger partial charge in [-0.2, -0.15) is 0 Å². The Morgan fingerprint density at radius 1 is 0.833 bits per heavy atom. The van der Waals surface area contributed by atoms with Crippen molar-refractivity contribution in [3.63, 3.8) is 0 Å². The first-order valence-corrected chi connectivity index (χ1v) is 13.3. The number of benzene rings is 1. The standard InChI is InChI=1S/C13H26O.C9H12.C3H8.2C2H6/c1-3-4-8-12(2)11-14-13-9-6-5-7-10-13;1-2-6-9-7-4-3-5-8-9;1-3-2;2*1-2/h12-13H,3-11H2,1-2H3;3-5,7-8H,2,6H2,1H3;3H2,1-2H3;2*1-2H3. The molecule has 2 rings (SSSR count). The third-order valence-electron chi connectivity index (χ3n) is 4.60. The van der Waals surface area contributed by atoms with Gasteiger partial charge in [-0.05, 0) is 37.2 Å². The van der Waals surface area contributed by atoms with Gasteiger partial charge >= 0.3 is 0 Å². The molecule has 1 saturated carbocycles. The van der Waals surface area contributed by atoms with Crippen LogP contribution in [0.15, 0.2) is 30.3 Å². The Hall–Kier alpha value is -0.820. The fraction of sp³-hybridized carbons (Fsp3) is 0.793. The van der Waals surface area contributed by atoms with Crippen molar-refractivity contribution in [2.24, 2.45) is 5.92 Å². The maximum absolute atomic E-state index is 5.94. The molecule has 30 heavy (non-hydrogen) atoms. The molecule has 1 aliphatic carbocycles. The predicted octanol–water partition coefficient (Wildman–Crippen LogP) is 10.3. The van der Waals surface area contributed by atoms with Crippen molar-refractivity contribution in [1.29, 1.82) is 0 Å². The van der Waals surface area contributed by atoms with Gasteiger partial charge in [0.2, 0.25) is 0 Å². The number of ether oxygens (including phenoxy) is 1. The zero-order chi connectivity index (χ0) is 23.5. The molecule has 180 valence electrons. The number of hydrogen-bond acceptors (Lipinski definition) is 1. The van der Waals surface area contributed by atoms with E-state index >= 15 is 0 Å². The van der Waals surface area contributed by atoms with Crippen molar-refractivity contribution >= 4 is 0 Å². The molecule has 1 atom stereocenters. The molecule has 1 aliphatic rings. The largest absolute Gasteiger partial charge is 0.378 e. The molecule has 0 amide bonds. The Bertz CT molecular complexity index is 367. The monoisotopic (exact) mass is 422 g/mol. The van der Waals surface area contributed by atoms with Gasteiger partial charge in [0.05, 0.1) is 6.10 Å². The molecule has 0 spiro atoms. The van der Waals surface area contributed by atoms with E-state index in [4.69, 9.17) is 4.74 Å². The normalized spacial score (nSPS) is 13.6. The summed E-state index contributed by atoms with van der Waals surface area (Å²) in [4.78, 5) is 0. The lowest BCUT2D eigenvalue weighted by atomic mass is 9.97. The van der Waals surface area contributed by atoms with Crippen LogP contribution in [0.3, 0.4) is 0 Å². The van der Waals surface area contributed by atoms with E-state index in [0.717, 1.165) is 12.5 Å². The zero-order valence-corrected chi connectivity index (χ0v) is 22.4. The molecule has 0 saturated heterocycles. The number of hydrogen-bond donors (Lipinski definition) is 0. The van der Waals surface area contributed by atoms with Gasteiger partial charge < -0.3 is 4.74 Å². The van der Waals surface area contributed by atoms with E-state index in [0.29, 0.717) is 6.10 Å². The minimum atomic E-state index is 0.591. The third-order valence-corrected chi connectivity index (χ3v) is 4.60. The Kier molecular flexibility index (Phi) is 34.2. The van der Waals surface area contributed by atoms with Crippen molar-refractivity contribution < 1.29 is 4.74 Å². The summed E-state index contributed by atoms with van der Waals surface area (Å²) < 4.78 is 5.94. The fourth-order valence-corrected chi connectivity index (χ4v) is 3.10. The third kappa shape index (κ3) is 25.2. The molecular formula is C29H58O. The molecule has 1 unspecified atom stereocenters. The van der Waals surface area contributed by atoms with Crippen LogP contribution < -0.4 is 0 Å². The highest BCUT2D eigenvalue weighted by Gasteiger charge is 2.14. The van der Waals surface area contributed by atoms with Crippen LogP contribution in [0, 0.1) is 5.92 Å². The van der Waals surface area contributed by atoms with Gasteiger partial charge in [0, 0.05) is 6.61 Å². The lowest BCUT2D eigenvalue weighted by Gasteiger charge is -2.23. The zero-order valence-electron chi connectivity index (χ0n) is 22.4. The predicted molar refractivity (Wildman–Crippen MR) is 141 cm³/mol. The molecule has 0 heterocycles. The van der Waals surface area contributed by atoms with Crippen molar-refractivity contribution in [2.45, 2.75) is 139 Å². The van der Waals surface area contributed by atoms with Crippen molar-refractivity contribution in [3.05, 3.63) is 35.9 Å². The molecular weight excluding hydrogens is 364 g/mol. The van der Waals surface area contributed by atoms with E-state index in [1.807, 2.05) is 27.7 Å². The molecule has 0 N–H and O–H groups in total. The summed E-state index contributed by atoms with van der Waals surface area (Å²) >= 11 is 0. The van der Waals surface area contributed by atoms with Crippen molar-refractivity contribution in [1.82, 2.24) is 0 Å². The van der Waals surface area contributed by atoms with Gasteiger partial charge in [-0.1, -0.05) is 138 Å². The minimum Gasteiger partial charge on any atom is -0.378 e. The van der Waals surface area contributed by atoms with Gasteiger partial charge in [0.25, 0.3) is 0 Å². The maximum atomic E-state index is 5.94. The second-order valence-electron chi connectivity index (χ2n) is 7.78. The SMILES string of the molecule is CC.CC.CCC.CCCCC(C)COC1CCCCC1.CCCc1ccccc1. The molecule has 1 fully saturated rings. The van der Waals surface area contributed by atoms with Crippen LogP contribution >= 0.6 is 0 Å². The summed E-state index contributed by atoms with van der Waals surface area (Å²) in [5.74, 6) is 0.761. The summed E-state index contributed by atoms with van der Waals surface area (Å²) in [5.41, 5.74) is 1.44. The molecule has 1 heteroatoms. The Morgan fingerprint density at radius 2 is 1.37 bits per heavy atom. The average molecular weight is 423 g/mol. The summed E-state index contributed by atoms with van der Waals surface area (Å²) in [6, 6.07) is 10.6. The van der Waals surface area contributed by atoms with Gasteiger partial charge in [-0.25, -0.2) is 0 Å². The summed E-state index contributed by atoms with van der Waals surface area (Å²) in [6.45, 7) is 20.0. The Balaban J connectivity index is -0.000000391. The fourth-order valence-electron chi connectivity index (χ4n) is 3.10. The van der Waals surface area contributed by atoms with Crippen LogP contribution in [-0.4, -0.2) is 12.7 Å². The second kappa shape index (κ2) is 30.4. The Labute approximate surface area is 192 Å². The quantitative estimate of drug-likeness (QED) is 0.405. The summed E-state index contributed by atoms with van der Waals surface area (Å²) in [7, 11) is 0. The van der Waals surface area contributed by atoms with Gasteiger partial charge in [-0.15, -0.1) is 0 Å². The van der Waals surface area contributed by atoms with Crippen LogP contribution in [0.25, 0.3) is 0 Å². The molecule has 1 aromatic carbocycles. The molecule has 0 radical (unpaired) electrons. The molecule has 0 aliphatic heterocycles. The highest BCUT2D eigenvalue weighted by atomic mass is 16.5. The summed E-state index contributed by atoms with van der Waals surface area (Å²) in [5, 5.41) is 0. The number of aryl methyl sites for hydroxylation is 1. The van der Waals surface area contributed by atoms with Crippen molar-refractivity contribution in [3.8, 4) is 0 Å². The van der Waals surface area contributed by atoms with Gasteiger partial charge in [0.1, 0.15) is 0 Å². The van der Waals surface area contributed by atoms with E-state index in [-0.39, 0.29) is 0 Å². The average Bonchev–Trinajstić information content (AvgIpc) is 2.81. The lowest BCUT2D eigenvalue weighted by Crippen LogP contribution is -2.19. The number of rotatable bonds is 8. The van der Waals surface area contributed by atoms with Crippen LogP contribution in [-0.2, 0) is 11.2 Å². The smallest absolute Gasteiger partial charge is 0.0575 e. The number of unbranched alkanes of at least 4 members (excludes halogenated alkanes) is 1. The van der Waals surface area contributed by atoms with Gasteiger partial charge in [-0.3, -0.25) is 0 Å². The highest BCUT2D eigenvalue weighted by molar-refractivity contribution is 5.14. The van der Waals surface area contributed by atoms with Crippen LogP contribution in [0.5, 0.6) is 0 Å². The van der Waals surface area contributed by atoms with Crippen LogP contribution in [0.4, 0.5) is 0 Å². The van der Waals surface area contributed by atoms with Gasteiger partial charge in [0.15, 0.2) is 0 Å². The first-order chi connectivity index (χ1) is 14.7. The molecule has 1 nitrogen and oxygen atoms in total. The second-order valence-corrected chi connectivity index (χ2v) is 7.78. The van der Waals surface area contributed by atoms with Crippen LogP contribution in [0.1, 0.15) is 132 Å².